The van der Waals surface area contributed by atoms with Crippen molar-refractivity contribution in [1.29, 1.82) is 0 Å². The molecule has 0 bridgehead atoms. The van der Waals surface area contributed by atoms with Crippen LogP contribution >= 0.6 is 0 Å². The van der Waals surface area contributed by atoms with Gasteiger partial charge in [-0.2, -0.15) is 0 Å². The van der Waals surface area contributed by atoms with Crippen molar-refractivity contribution >= 4 is 0 Å². The van der Waals surface area contributed by atoms with Crippen molar-refractivity contribution < 1.29 is 10.2 Å². The zero-order valence-corrected chi connectivity index (χ0v) is 7.14. The van der Waals surface area contributed by atoms with E-state index < -0.39 is 12.2 Å². The van der Waals surface area contributed by atoms with Crippen LogP contribution in [0.5, 0.6) is 0 Å². The van der Waals surface area contributed by atoms with Crippen LogP contribution < -0.4 is 0 Å². The molecule has 66 valence electrons. The molecular weight excluding hydrogens is 152 g/mol. The average molecular weight is 166 g/mol. The molecule has 0 aliphatic carbocycles. The summed E-state index contributed by atoms with van der Waals surface area (Å²) >= 11 is 0. The van der Waals surface area contributed by atoms with Gasteiger partial charge in [0.25, 0.3) is 0 Å². The van der Waals surface area contributed by atoms with Crippen LogP contribution in [0.2, 0.25) is 0 Å². The smallest absolute Gasteiger partial charge is 0.105 e. The highest BCUT2D eigenvalue weighted by Gasteiger charge is 2.15. The minimum Gasteiger partial charge on any atom is -0.390 e. The molecule has 0 aliphatic heterocycles. The van der Waals surface area contributed by atoms with Gasteiger partial charge in [0, 0.05) is 0 Å². The van der Waals surface area contributed by atoms with Crippen LogP contribution in [0.4, 0.5) is 0 Å². The number of hydrogen-bond donors (Lipinski definition) is 2. The largest absolute Gasteiger partial charge is 0.390 e. The van der Waals surface area contributed by atoms with Crippen LogP contribution in [0.3, 0.4) is 0 Å². The number of aliphatic hydroxyl groups is 2. The topological polar surface area (TPSA) is 40.5 Å². The maximum absolute atomic E-state index is 9.54. The Morgan fingerprint density at radius 3 is 2.25 bits per heavy atom. The van der Waals surface area contributed by atoms with E-state index in [-0.39, 0.29) is 0 Å². The third-order valence-corrected chi connectivity index (χ3v) is 1.92. The van der Waals surface area contributed by atoms with Crippen LogP contribution in [0.25, 0.3) is 0 Å². The molecule has 1 aromatic carbocycles. The van der Waals surface area contributed by atoms with Gasteiger partial charge in [0.1, 0.15) is 6.10 Å². The second-order valence-electron chi connectivity index (χ2n) is 2.83. The zero-order valence-electron chi connectivity index (χ0n) is 7.14. The molecule has 0 saturated heterocycles. The lowest BCUT2D eigenvalue weighted by molar-refractivity contribution is 0.0165. The summed E-state index contributed by atoms with van der Waals surface area (Å²) in [4.78, 5) is 0. The van der Waals surface area contributed by atoms with E-state index in [1.54, 1.807) is 0 Å². The fourth-order valence-electron chi connectivity index (χ4n) is 1.10. The molecule has 0 radical (unpaired) electrons. The highest BCUT2D eigenvalue weighted by atomic mass is 16.3. The molecule has 0 aromatic heterocycles. The second-order valence-corrected chi connectivity index (χ2v) is 2.83. The monoisotopic (exact) mass is 166 g/mol. The van der Waals surface area contributed by atoms with Gasteiger partial charge in [0.05, 0.1) is 6.10 Å². The summed E-state index contributed by atoms with van der Waals surface area (Å²) in [5.74, 6) is 0. The van der Waals surface area contributed by atoms with Crippen molar-refractivity contribution in [3.8, 4) is 0 Å². The van der Waals surface area contributed by atoms with Gasteiger partial charge in [-0.3, -0.25) is 0 Å². The molecule has 0 fully saturated rings. The first-order chi connectivity index (χ1) is 5.75. The lowest BCUT2D eigenvalue weighted by atomic mass is 10.0. The Hall–Kier alpha value is -0.860. The Bertz CT molecular complexity index is 221. The van der Waals surface area contributed by atoms with Crippen molar-refractivity contribution in [2.45, 2.75) is 25.6 Å². The van der Waals surface area contributed by atoms with E-state index in [1.807, 2.05) is 37.3 Å². The van der Waals surface area contributed by atoms with Gasteiger partial charge in [0.15, 0.2) is 0 Å². The first-order valence-electron chi connectivity index (χ1n) is 4.16. The van der Waals surface area contributed by atoms with E-state index in [9.17, 15) is 10.2 Å². The fraction of sp³-hybridized carbons (Fsp3) is 0.400. The minimum absolute atomic E-state index is 0.566. The average Bonchev–Trinajstić information content (AvgIpc) is 2.17. The molecule has 0 saturated carbocycles. The van der Waals surface area contributed by atoms with Crippen molar-refractivity contribution in [3.05, 3.63) is 35.9 Å². The van der Waals surface area contributed by atoms with Crippen molar-refractivity contribution in [2.24, 2.45) is 0 Å². The van der Waals surface area contributed by atoms with Gasteiger partial charge >= 0.3 is 0 Å². The normalized spacial score (nSPS) is 15.6. The van der Waals surface area contributed by atoms with Gasteiger partial charge in [-0.1, -0.05) is 37.3 Å². The molecular formula is C10H14O2. The quantitative estimate of drug-likeness (QED) is 0.714. The summed E-state index contributed by atoms with van der Waals surface area (Å²) in [5, 5.41) is 18.9. The standard InChI is InChI=1S/C10H14O2/c1-2-9(11)10(12)8-6-4-3-5-7-8/h3-7,9-12H,2H2,1H3/t9-,10+/m1/s1. The minimum atomic E-state index is -0.754. The van der Waals surface area contributed by atoms with E-state index in [2.05, 4.69) is 0 Å². The van der Waals surface area contributed by atoms with Gasteiger partial charge in [-0.25, -0.2) is 0 Å². The number of benzene rings is 1. The summed E-state index contributed by atoms with van der Waals surface area (Å²) in [6.45, 7) is 1.84. The van der Waals surface area contributed by atoms with Crippen molar-refractivity contribution in [3.63, 3.8) is 0 Å². The molecule has 0 amide bonds. The Morgan fingerprint density at radius 2 is 1.75 bits per heavy atom. The first-order valence-corrected chi connectivity index (χ1v) is 4.16. The molecule has 2 atom stereocenters. The predicted octanol–water partition coefficient (Wildman–Crippen LogP) is 1.49. The van der Waals surface area contributed by atoms with Crippen LogP contribution in [0.15, 0.2) is 30.3 Å². The van der Waals surface area contributed by atoms with E-state index in [0.717, 1.165) is 5.56 Å². The number of rotatable bonds is 3. The third kappa shape index (κ3) is 2.06. The molecule has 12 heavy (non-hydrogen) atoms. The molecule has 2 heteroatoms. The van der Waals surface area contributed by atoms with Crippen molar-refractivity contribution in [2.75, 3.05) is 0 Å². The van der Waals surface area contributed by atoms with E-state index >= 15 is 0 Å². The molecule has 0 unspecified atom stereocenters. The molecule has 0 aliphatic rings. The second kappa shape index (κ2) is 4.24. The maximum Gasteiger partial charge on any atom is 0.105 e. The Balaban J connectivity index is 2.71. The Kier molecular flexibility index (Phi) is 3.26. The molecule has 1 rings (SSSR count). The first kappa shape index (κ1) is 9.23. The van der Waals surface area contributed by atoms with E-state index in [0.29, 0.717) is 6.42 Å². The van der Waals surface area contributed by atoms with Crippen LogP contribution in [0, 0.1) is 0 Å². The number of aliphatic hydroxyl groups excluding tert-OH is 2. The van der Waals surface area contributed by atoms with Gasteiger partial charge in [-0.15, -0.1) is 0 Å². The maximum atomic E-state index is 9.54. The van der Waals surface area contributed by atoms with Gasteiger partial charge in [-0.05, 0) is 12.0 Å². The van der Waals surface area contributed by atoms with Crippen LogP contribution in [-0.2, 0) is 0 Å². The lowest BCUT2D eigenvalue weighted by Crippen LogP contribution is -2.16. The van der Waals surface area contributed by atoms with E-state index in [1.165, 1.54) is 0 Å². The molecule has 1 aromatic rings. The van der Waals surface area contributed by atoms with Gasteiger partial charge in [0.2, 0.25) is 0 Å². The van der Waals surface area contributed by atoms with Crippen LogP contribution in [0.1, 0.15) is 25.0 Å². The fourth-order valence-corrected chi connectivity index (χ4v) is 1.10. The molecule has 0 heterocycles. The third-order valence-electron chi connectivity index (χ3n) is 1.92. The molecule has 2 N–H and O–H groups in total. The Morgan fingerprint density at radius 1 is 1.17 bits per heavy atom. The highest BCUT2D eigenvalue weighted by molar-refractivity contribution is 5.18. The van der Waals surface area contributed by atoms with E-state index in [4.69, 9.17) is 0 Å². The summed E-state index contributed by atoms with van der Waals surface area (Å²) < 4.78 is 0. The zero-order chi connectivity index (χ0) is 8.97. The summed E-state index contributed by atoms with van der Waals surface area (Å²) in [6, 6.07) is 9.20. The molecule has 2 nitrogen and oxygen atoms in total. The molecule has 0 spiro atoms. The summed E-state index contributed by atoms with van der Waals surface area (Å²) in [5.41, 5.74) is 0.770. The predicted molar refractivity (Wildman–Crippen MR) is 47.7 cm³/mol. The summed E-state index contributed by atoms with van der Waals surface area (Å²) in [6.07, 6.45) is -0.848. The number of hydrogen-bond acceptors (Lipinski definition) is 2. The van der Waals surface area contributed by atoms with Crippen molar-refractivity contribution in [1.82, 2.24) is 0 Å². The highest BCUT2D eigenvalue weighted by Crippen LogP contribution is 2.17. The lowest BCUT2D eigenvalue weighted by Gasteiger charge is -2.15. The Labute approximate surface area is 72.5 Å². The van der Waals surface area contributed by atoms with Gasteiger partial charge < -0.3 is 10.2 Å². The summed E-state index contributed by atoms with van der Waals surface area (Å²) in [7, 11) is 0. The van der Waals surface area contributed by atoms with Crippen LogP contribution in [-0.4, -0.2) is 16.3 Å². The SMILES string of the molecule is CC[C@@H](O)[C@@H](O)c1ccccc1.